The van der Waals surface area contributed by atoms with Gasteiger partial charge in [0.2, 0.25) is 0 Å². The molecule has 2 nitrogen and oxygen atoms in total. The Labute approximate surface area is 89.0 Å². The van der Waals surface area contributed by atoms with E-state index in [9.17, 15) is 5.11 Å². The highest BCUT2D eigenvalue weighted by Gasteiger charge is 2.53. The molecule has 3 heteroatoms. The normalized spacial score (nSPS) is 29.9. The van der Waals surface area contributed by atoms with Crippen LogP contribution in [0.3, 0.4) is 0 Å². The molecule has 0 aromatic carbocycles. The molecule has 0 radical (unpaired) electrons. The van der Waals surface area contributed by atoms with Crippen LogP contribution in [-0.2, 0) is 0 Å². The van der Waals surface area contributed by atoms with Crippen molar-refractivity contribution in [3.8, 4) is 0 Å². The molecule has 2 unspecified atom stereocenters. The number of aliphatic hydroxyl groups excluding tert-OH is 1. The van der Waals surface area contributed by atoms with Gasteiger partial charge in [-0.3, -0.25) is 0 Å². The van der Waals surface area contributed by atoms with E-state index in [0.29, 0.717) is 5.92 Å². The SMILES string of the molecule is CCC1(CC)C(O)CC1c1nccs1. The predicted molar refractivity (Wildman–Crippen MR) is 58.5 cm³/mol. The zero-order chi connectivity index (χ0) is 10.2. The van der Waals surface area contributed by atoms with Crippen molar-refractivity contribution >= 4 is 11.3 Å². The average Bonchev–Trinajstić information content (AvgIpc) is 2.69. The summed E-state index contributed by atoms with van der Waals surface area (Å²) in [5.41, 5.74) is 0.109. The first-order chi connectivity index (χ1) is 6.74. The zero-order valence-corrected chi connectivity index (χ0v) is 9.55. The lowest BCUT2D eigenvalue weighted by molar-refractivity contribution is -0.0932. The Kier molecular flexibility index (Phi) is 2.62. The van der Waals surface area contributed by atoms with Gasteiger partial charge in [-0.2, -0.15) is 0 Å². The fourth-order valence-electron chi connectivity index (χ4n) is 2.73. The monoisotopic (exact) mass is 211 g/mol. The van der Waals surface area contributed by atoms with Gasteiger partial charge in [-0.05, 0) is 19.3 Å². The van der Waals surface area contributed by atoms with Crippen molar-refractivity contribution in [2.75, 3.05) is 0 Å². The lowest BCUT2D eigenvalue weighted by Gasteiger charge is -2.52. The number of aliphatic hydroxyl groups is 1. The Morgan fingerprint density at radius 3 is 2.71 bits per heavy atom. The average molecular weight is 211 g/mol. The van der Waals surface area contributed by atoms with Crippen LogP contribution in [0.5, 0.6) is 0 Å². The quantitative estimate of drug-likeness (QED) is 0.834. The Bertz CT molecular complexity index is 292. The molecule has 1 N–H and O–H groups in total. The molecule has 0 saturated heterocycles. The molecule has 1 aromatic rings. The standard InChI is InChI=1S/C11H17NOS/c1-3-11(4-2)8(7-9(11)13)10-12-5-6-14-10/h5-6,8-9,13H,3-4,7H2,1-2H3. The van der Waals surface area contributed by atoms with Gasteiger partial charge < -0.3 is 5.11 Å². The number of rotatable bonds is 3. The molecule has 0 aliphatic heterocycles. The van der Waals surface area contributed by atoms with Gasteiger partial charge in [0.15, 0.2) is 0 Å². The largest absolute Gasteiger partial charge is 0.393 e. The van der Waals surface area contributed by atoms with Gasteiger partial charge >= 0.3 is 0 Å². The molecule has 1 aliphatic rings. The highest BCUT2D eigenvalue weighted by atomic mass is 32.1. The van der Waals surface area contributed by atoms with Crippen molar-refractivity contribution in [2.24, 2.45) is 5.41 Å². The van der Waals surface area contributed by atoms with Crippen molar-refractivity contribution in [2.45, 2.75) is 45.1 Å². The molecule has 1 fully saturated rings. The third kappa shape index (κ3) is 1.22. The van der Waals surface area contributed by atoms with Gasteiger partial charge in [0.1, 0.15) is 0 Å². The second kappa shape index (κ2) is 3.63. The highest BCUT2D eigenvalue weighted by Crippen LogP contribution is 2.57. The first-order valence-electron chi connectivity index (χ1n) is 5.32. The van der Waals surface area contributed by atoms with Crippen molar-refractivity contribution in [3.63, 3.8) is 0 Å². The summed E-state index contributed by atoms with van der Waals surface area (Å²) in [5.74, 6) is 0.493. The van der Waals surface area contributed by atoms with E-state index < -0.39 is 0 Å². The third-order valence-corrected chi connectivity index (χ3v) is 4.77. The van der Waals surface area contributed by atoms with Crippen LogP contribution in [0.15, 0.2) is 11.6 Å². The minimum Gasteiger partial charge on any atom is -0.393 e. The van der Waals surface area contributed by atoms with Crippen LogP contribution >= 0.6 is 11.3 Å². The van der Waals surface area contributed by atoms with E-state index in [4.69, 9.17) is 0 Å². The fraction of sp³-hybridized carbons (Fsp3) is 0.727. The molecule has 1 heterocycles. The van der Waals surface area contributed by atoms with Crippen LogP contribution in [-0.4, -0.2) is 16.2 Å². The molecule has 14 heavy (non-hydrogen) atoms. The van der Waals surface area contributed by atoms with E-state index >= 15 is 0 Å². The van der Waals surface area contributed by atoms with Gasteiger partial charge in [0.25, 0.3) is 0 Å². The summed E-state index contributed by atoms with van der Waals surface area (Å²) in [5, 5.41) is 13.1. The molecule has 2 atom stereocenters. The molecule has 0 amide bonds. The number of aromatic nitrogens is 1. The fourth-order valence-corrected chi connectivity index (χ4v) is 3.61. The van der Waals surface area contributed by atoms with Crippen LogP contribution in [0.25, 0.3) is 0 Å². The summed E-state index contributed by atoms with van der Waals surface area (Å²) in [4.78, 5) is 4.37. The van der Waals surface area contributed by atoms with Crippen LogP contribution in [0.2, 0.25) is 0 Å². The number of thiazole rings is 1. The molecule has 78 valence electrons. The molecule has 1 aromatic heterocycles. The van der Waals surface area contributed by atoms with Gasteiger partial charge in [0.05, 0.1) is 11.1 Å². The maximum atomic E-state index is 9.90. The van der Waals surface area contributed by atoms with Crippen molar-refractivity contribution in [1.82, 2.24) is 4.98 Å². The molecular formula is C11H17NOS. The molecular weight excluding hydrogens is 194 g/mol. The van der Waals surface area contributed by atoms with E-state index in [1.54, 1.807) is 11.3 Å². The number of hydrogen-bond acceptors (Lipinski definition) is 3. The van der Waals surface area contributed by atoms with E-state index in [-0.39, 0.29) is 11.5 Å². The summed E-state index contributed by atoms with van der Waals surface area (Å²) in [7, 11) is 0. The van der Waals surface area contributed by atoms with Crippen LogP contribution in [0.4, 0.5) is 0 Å². The van der Waals surface area contributed by atoms with Crippen LogP contribution in [0, 0.1) is 5.41 Å². The van der Waals surface area contributed by atoms with Crippen LogP contribution in [0.1, 0.15) is 44.0 Å². The van der Waals surface area contributed by atoms with Crippen molar-refractivity contribution < 1.29 is 5.11 Å². The van der Waals surface area contributed by atoms with Crippen molar-refractivity contribution in [1.29, 1.82) is 0 Å². The van der Waals surface area contributed by atoms with E-state index in [1.807, 2.05) is 11.6 Å². The Hall–Kier alpha value is -0.410. The third-order valence-electron chi connectivity index (χ3n) is 3.88. The summed E-state index contributed by atoms with van der Waals surface area (Å²) >= 11 is 1.72. The van der Waals surface area contributed by atoms with Gasteiger partial charge in [-0.25, -0.2) is 4.98 Å². The van der Waals surface area contributed by atoms with E-state index in [0.717, 1.165) is 19.3 Å². The Morgan fingerprint density at radius 1 is 1.57 bits per heavy atom. The van der Waals surface area contributed by atoms with Gasteiger partial charge in [0, 0.05) is 22.9 Å². The Morgan fingerprint density at radius 2 is 2.29 bits per heavy atom. The molecule has 1 saturated carbocycles. The minimum atomic E-state index is -0.119. The van der Waals surface area contributed by atoms with Crippen molar-refractivity contribution in [3.05, 3.63) is 16.6 Å². The van der Waals surface area contributed by atoms with Gasteiger partial charge in [-0.1, -0.05) is 13.8 Å². The highest BCUT2D eigenvalue weighted by molar-refractivity contribution is 7.09. The maximum absolute atomic E-state index is 9.90. The molecule has 2 rings (SSSR count). The number of hydrogen-bond donors (Lipinski definition) is 1. The predicted octanol–water partition coefficient (Wildman–Crippen LogP) is 2.80. The zero-order valence-electron chi connectivity index (χ0n) is 8.73. The van der Waals surface area contributed by atoms with Crippen LogP contribution < -0.4 is 0 Å². The topological polar surface area (TPSA) is 33.1 Å². The summed E-state index contributed by atoms with van der Waals surface area (Å²) in [6.07, 6.45) is 4.74. The molecule has 0 spiro atoms. The number of nitrogens with zero attached hydrogens (tertiary/aromatic N) is 1. The van der Waals surface area contributed by atoms with Gasteiger partial charge in [-0.15, -0.1) is 11.3 Å². The molecule has 0 bridgehead atoms. The minimum absolute atomic E-state index is 0.109. The van der Waals surface area contributed by atoms with E-state index in [1.165, 1.54) is 5.01 Å². The summed E-state index contributed by atoms with van der Waals surface area (Å²) in [6, 6.07) is 0. The Balaban J connectivity index is 2.23. The lowest BCUT2D eigenvalue weighted by Crippen LogP contribution is -2.50. The second-order valence-electron chi connectivity index (χ2n) is 4.11. The summed E-state index contributed by atoms with van der Waals surface area (Å²) < 4.78 is 0. The molecule has 1 aliphatic carbocycles. The second-order valence-corrected chi connectivity index (χ2v) is 5.04. The summed E-state index contributed by atoms with van der Waals surface area (Å²) in [6.45, 7) is 4.35. The first kappa shape index (κ1) is 10.1. The first-order valence-corrected chi connectivity index (χ1v) is 6.20. The maximum Gasteiger partial charge on any atom is 0.0963 e. The van der Waals surface area contributed by atoms with E-state index in [2.05, 4.69) is 18.8 Å². The lowest BCUT2D eigenvalue weighted by atomic mass is 9.55. The smallest absolute Gasteiger partial charge is 0.0963 e.